The minimum Gasteiger partial charge on any atom is -0.494 e. The third-order valence-corrected chi connectivity index (χ3v) is 3.47. The highest BCUT2D eigenvalue weighted by Gasteiger charge is 2.14. The maximum atomic E-state index is 5.50. The van der Waals surface area contributed by atoms with E-state index in [-0.39, 0.29) is 0 Å². The van der Waals surface area contributed by atoms with Crippen molar-refractivity contribution in [1.82, 2.24) is 0 Å². The highest BCUT2D eigenvalue weighted by molar-refractivity contribution is 9.09. The Bertz CT molecular complexity index is 363. The molecule has 2 nitrogen and oxygen atoms in total. The molecule has 0 aliphatic heterocycles. The predicted molar refractivity (Wildman–Crippen MR) is 69.4 cm³/mol. The number of nitrogens with zero attached hydrogens (tertiary/aromatic N) is 1. The molecule has 0 heterocycles. The van der Waals surface area contributed by atoms with Gasteiger partial charge in [0.15, 0.2) is 0 Å². The van der Waals surface area contributed by atoms with Crippen molar-refractivity contribution in [1.29, 1.82) is 0 Å². The molecular formula is C12H18BrNO. The number of hydrogen-bond donors (Lipinski definition) is 0. The molecule has 1 rings (SSSR count). The first-order chi connectivity index (χ1) is 7.02. The second-order valence-corrected chi connectivity index (χ2v) is 4.34. The van der Waals surface area contributed by atoms with Crippen molar-refractivity contribution in [2.24, 2.45) is 0 Å². The van der Waals surface area contributed by atoms with E-state index in [0.717, 1.165) is 16.9 Å². The molecule has 0 aliphatic carbocycles. The van der Waals surface area contributed by atoms with Crippen molar-refractivity contribution in [3.63, 3.8) is 0 Å². The summed E-state index contributed by atoms with van der Waals surface area (Å²) < 4.78 is 5.50. The number of halogens is 1. The summed E-state index contributed by atoms with van der Waals surface area (Å²) in [5.74, 6) is 0.981. The third-order valence-electron chi connectivity index (χ3n) is 2.72. The van der Waals surface area contributed by atoms with Gasteiger partial charge in [0.25, 0.3) is 0 Å². The zero-order valence-corrected chi connectivity index (χ0v) is 11.6. The van der Waals surface area contributed by atoms with E-state index in [1.807, 2.05) is 7.05 Å². The Morgan fingerprint density at radius 1 is 1.27 bits per heavy atom. The van der Waals surface area contributed by atoms with E-state index >= 15 is 0 Å². The van der Waals surface area contributed by atoms with Crippen molar-refractivity contribution in [2.75, 3.05) is 24.5 Å². The van der Waals surface area contributed by atoms with Crippen LogP contribution < -0.4 is 9.64 Å². The van der Waals surface area contributed by atoms with Gasteiger partial charge in [0, 0.05) is 7.05 Å². The Labute approximate surface area is 100 Å². The molecular weight excluding hydrogens is 254 g/mol. The lowest BCUT2D eigenvalue weighted by molar-refractivity contribution is 0.411. The molecule has 0 bridgehead atoms. The minimum atomic E-state index is 0.798. The summed E-state index contributed by atoms with van der Waals surface area (Å²) in [7, 11) is 3.78. The van der Waals surface area contributed by atoms with Crippen LogP contribution >= 0.6 is 15.9 Å². The molecule has 0 N–H and O–H groups in total. The number of methoxy groups -OCH3 is 1. The molecule has 0 aliphatic rings. The zero-order valence-electron chi connectivity index (χ0n) is 10.0. The maximum absolute atomic E-state index is 5.50. The lowest BCUT2D eigenvalue weighted by Gasteiger charge is -2.24. The molecule has 15 heavy (non-hydrogen) atoms. The SMILES string of the molecule is COc1c(C)c(C)cc(C)c1N(C)CBr. The van der Waals surface area contributed by atoms with Gasteiger partial charge in [-0.3, -0.25) is 0 Å². The summed E-state index contributed by atoms with van der Waals surface area (Å²) >= 11 is 3.46. The zero-order chi connectivity index (χ0) is 11.6. The molecule has 1 aromatic rings. The van der Waals surface area contributed by atoms with E-state index in [1.165, 1.54) is 16.7 Å². The normalized spacial score (nSPS) is 10.3. The Balaban J connectivity index is 3.41. The predicted octanol–water partition coefficient (Wildman–Crippen LogP) is 3.41. The molecule has 0 saturated carbocycles. The fourth-order valence-electron chi connectivity index (χ4n) is 1.82. The number of ether oxygens (including phenoxy) is 1. The van der Waals surface area contributed by atoms with Crippen LogP contribution in [-0.2, 0) is 0 Å². The molecule has 0 spiro atoms. The van der Waals surface area contributed by atoms with Crippen molar-refractivity contribution in [2.45, 2.75) is 20.8 Å². The fraction of sp³-hybridized carbons (Fsp3) is 0.500. The summed E-state index contributed by atoms with van der Waals surface area (Å²) in [5, 5.41) is 0. The van der Waals surface area contributed by atoms with Crippen molar-refractivity contribution < 1.29 is 4.74 Å². The first-order valence-electron chi connectivity index (χ1n) is 4.94. The van der Waals surface area contributed by atoms with Gasteiger partial charge in [0.1, 0.15) is 5.75 Å². The molecule has 0 amide bonds. The molecule has 3 heteroatoms. The van der Waals surface area contributed by atoms with Crippen LogP contribution in [0.1, 0.15) is 16.7 Å². The van der Waals surface area contributed by atoms with Gasteiger partial charge in [0.05, 0.1) is 18.3 Å². The van der Waals surface area contributed by atoms with E-state index in [1.54, 1.807) is 7.11 Å². The van der Waals surface area contributed by atoms with Crippen molar-refractivity contribution >= 4 is 21.6 Å². The molecule has 0 aromatic heterocycles. The standard InChI is InChI=1S/C12H18BrNO/c1-8-6-9(2)11(14(4)7-13)12(15-5)10(8)3/h6H,7H2,1-5H3. The average molecular weight is 272 g/mol. The number of benzene rings is 1. The Morgan fingerprint density at radius 3 is 2.33 bits per heavy atom. The van der Waals surface area contributed by atoms with Gasteiger partial charge >= 0.3 is 0 Å². The summed E-state index contributed by atoms with van der Waals surface area (Å²) in [6.45, 7) is 6.32. The molecule has 0 radical (unpaired) electrons. The van der Waals surface area contributed by atoms with Crippen molar-refractivity contribution in [3.05, 3.63) is 22.8 Å². The Kier molecular flexibility index (Phi) is 4.03. The molecule has 0 unspecified atom stereocenters. The first kappa shape index (κ1) is 12.4. The number of rotatable bonds is 3. The lowest BCUT2D eigenvalue weighted by Crippen LogP contribution is -2.17. The monoisotopic (exact) mass is 271 g/mol. The Morgan fingerprint density at radius 2 is 1.87 bits per heavy atom. The summed E-state index contributed by atoms with van der Waals surface area (Å²) in [4.78, 5) is 2.14. The third kappa shape index (κ3) is 2.28. The van der Waals surface area contributed by atoms with E-state index < -0.39 is 0 Å². The van der Waals surface area contributed by atoms with Gasteiger partial charge in [-0.1, -0.05) is 22.0 Å². The molecule has 0 atom stereocenters. The molecule has 84 valence electrons. The van der Waals surface area contributed by atoms with Crippen LogP contribution in [0.25, 0.3) is 0 Å². The van der Waals surface area contributed by atoms with E-state index in [2.05, 4.69) is 47.7 Å². The van der Waals surface area contributed by atoms with Gasteiger partial charge in [-0.2, -0.15) is 0 Å². The average Bonchev–Trinajstić information content (AvgIpc) is 2.21. The van der Waals surface area contributed by atoms with E-state index in [0.29, 0.717) is 0 Å². The van der Waals surface area contributed by atoms with Crippen LogP contribution in [0.3, 0.4) is 0 Å². The number of aryl methyl sites for hydroxylation is 2. The highest BCUT2D eigenvalue weighted by Crippen LogP contribution is 2.36. The van der Waals surface area contributed by atoms with E-state index in [9.17, 15) is 0 Å². The van der Waals surface area contributed by atoms with Crippen LogP contribution in [0.15, 0.2) is 6.07 Å². The largest absolute Gasteiger partial charge is 0.494 e. The first-order valence-corrected chi connectivity index (χ1v) is 6.07. The van der Waals surface area contributed by atoms with Crippen LogP contribution in [0, 0.1) is 20.8 Å². The number of anilines is 1. The van der Waals surface area contributed by atoms with Gasteiger partial charge in [0.2, 0.25) is 0 Å². The summed E-state index contributed by atoms with van der Waals surface area (Å²) in [6.07, 6.45) is 0. The topological polar surface area (TPSA) is 12.5 Å². The maximum Gasteiger partial charge on any atom is 0.145 e. The highest BCUT2D eigenvalue weighted by atomic mass is 79.9. The van der Waals surface area contributed by atoms with Gasteiger partial charge in [-0.25, -0.2) is 0 Å². The number of alkyl halides is 1. The van der Waals surface area contributed by atoms with Crippen molar-refractivity contribution in [3.8, 4) is 5.75 Å². The van der Waals surface area contributed by atoms with Crippen LogP contribution in [-0.4, -0.2) is 19.6 Å². The van der Waals surface area contributed by atoms with Gasteiger partial charge in [-0.05, 0) is 37.5 Å². The smallest absolute Gasteiger partial charge is 0.145 e. The van der Waals surface area contributed by atoms with Crippen LogP contribution in [0.5, 0.6) is 5.75 Å². The van der Waals surface area contributed by atoms with Crippen LogP contribution in [0.2, 0.25) is 0 Å². The lowest BCUT2D eigenvalue weighted by atomic mass is 10.0. The second kappa shape index (κ2) is 4.88. The molecule has 0 saturated heterocycles. The quantitative estimate of drug-likeness (QED) is 0.617. The second-order valence-electron chi connectivity index (χ2n) is 3.83. The number of hydrogen-bond acceptors (Lipinski definition) is 2. The fourth-order valence-corrected chi connectivity index (χ4v) is 2.07. The van der Waals surface area contributed by atoms with Gasteiger partial charge in [-0.15, -0.1) is 0 Å². The molecule has 0 fully saturated rings. The summed E-state index contributed by atoms with van der Waals surface area (Å²) in [5.41, 5.74) is 5.70. The Hall–Kier alpha value is -0.700. The van der Waals surface area contributed by atoms with E-state index in [4.69, 9.17) is 4.74 Å². The van der Waals surface area contributed by atoms with Crippen LogP contribution in [0.4, 0.5) is 5.69 Å². The minimum absolute atomic E-state index is 0.798. The molecule has 1 aromatic carbocycles. The van der Waals surface area contributed by atoms with Gasteiger partial charge < -0.3 is 9.64 Å². The summed E-state index contributed by atoms with van der Waals surface area (Å²) in [6, 6.07) is 2.20.